The number of carbonyl (C=O) groups excluding carboxylic acids is 2. The van der Waals surface area contributed by atoms with Gasteiger partial charge in [0.05, 0.1) is 50.1 Å². The van der Waals surface area contributed by atoms with Crippen molar-refractivity contribution in [1.29, 1.82) is 0 Å². The Morgan fingerprint density at radius 3 is 2.31 bits per heavy atom. The van der Waals surface area contributed by atoms with Gasteiger partial charge in [-0.2, -0.15) is 10.1 Å². The van der Waals surface area contributed by atoms with Crippen LogP contribution in [0.25, 0.3) is 16.5 Å². The van der Waals surface area contributed by atoms with E-state index >= 15 is 0 Å². The number of ether oxygens (including phenoxy) is 4. The molecule has 0 aliphatic heterocycles. The van der Waals surface area contributed by atoms with Crippen molar-refractivity contribution in [2.75, 3.05) is 81.6 Å². The molecule has 316 valence electrons. The van der Waals surface area contributed by atoms with Gasteiger partial charge in [-0.25, -0.2) is 14.5 Å². The third kappa shape index (κ3) is 11.8. The molecule has 0 aliphatic rings. The van der Waals surface area contributed by atoms with E-state index in [1.165, 1.54) is 0 Å². The SMILES string of the molecule is C#Cc1cc(Nc2nccc(Oc3ccc(NC(=O)Nc4cc(C(C)(C)C)nn4-c4ccc(N(C)C)cc4)c4ccccc34)n2)cc(C(=O)NCCOCCOCCOC)c1. The van der Waals surface area contributed by atoms with Crippen molar-refractivity contribution in [2.24, 2.45) is 0 Å². The van der Waals surface area contributed by atoms with E-state index in [1.54, 1.807) is 54.4 Å². The lowest BCUT2D eigenvalue weighted by Gasteiger charge is -2.15. The normalized spacial score (nSPS) is 11.2. The van der Waals surface area contributed by atoms with E-state index in [0.29, 0.717) is 73.6 Å². The molecule has 0 aliphatic carbocycles. The quantitative estimate of drug-likeness (QED) is 0.0495. The van der Waals surface area contributed by atoms with Crippen molar-refractivity contribution in [2.45, 2.75) is 26.2 Å². The van der Waals surface area contributed by atoms with Gasteiger partial charge in [-0.3, -0.25) is 10.1 Å². The average Bonchev–Trinajstić information content (AvgIpc) is 3.68. The number of rotatable bonds is 18. The first-order valence-electron chi connectivity index (χ1n) is 19.7. The molecule has 0 bridgehead atoms. The molecule has 4 aromatic carbocycles. The maximum absolute atomic E-state index is 13.6. The third-order valence-corrected chi connectivity index (χ3v) is 9.26. The standard InChI is InChI=1S/C46H51N9O6/c1-8-31-27-32(43(56)47-21-22-59-25-26-60-24-23-58-7)29-33(28-31)49-44-48-20-19-42(52-44)61-39-18-17-38(36-11-9-10-12-37(36)39)50-45(57)51-41-30-40(46(2,3)4)53-55(41)35-15-13-34(14-16-35)54(5)6/h1,9-20,27-30H,21-26H2,2-7H3,(H,47,56)(H,48,49,52)(H2,50,51,57). The van der Waals surface area contributed by atoms with Crippen molar-refractivity contribution in [1.82, 2.24) is 25.1 Å². The summed E-state index contributed by atoms with van der Waals surface area (Å²) in [5.74, 6) is 3.81. The van der Waals surface area contributed by atoms with E-state index in [0.717, 1.165) is 27.8 Å². The Hall–Kier alpha value is -6.99. The zero-order valence-electron chi connectivity index (χ0n) is 35.2. The number of benzene rings is 4. The summed E-state index contributed by atoms with van der Waals surface area (Å²) in [6.07, 6.45) is 7.29. The molecule has 0 unspecified atom stereocenters. The largest absolute Gasteiger partial charge is 0.438 e. The first-order valence-corrected chi connectivity index (χ1v) is 19.7. The molecule has 0 saturated heterocycles. The van der Waals surface area contributed by atoms with E-state index < -0.39 is 6.03 Å². The Balaban J connectivity index is 1.12. The molecular formula is C46H51N9O6. The molecule has 6 rings (SSSR count). The predicted octanol–water partition coefficient (Wildman–Crippen LogP) is 7.75. The summed E-state index contributed by atoms with van der Waals surface area (Å²) < 4.78 is 23.9. The molecule has 3 amide bonds. The van der Waals surface area contributed by atoms with Crippen LogP contribution >= 0.6 is 0 Å². The first kappa shape index (κ1) is 43.6. The number of nitrogens with one attached hydrogen (secondary N) is 4. The molecule has 2 heterocycles. The van der Waals surface area contributed by atoms with Gasteiger partial charge in [-0.05, 0) is 54.6 Å². The number of urea groups is 1. The van der Waals surface area contributed by atoms with Crippen LogP contribution < -0.4 is 30.9 Å². The van der Waals surface area contributed by atoms with Crippen LogP contribution in [0.5, 0.6) is 11.6 Å². The molecule has 15 heteroatoms. The number of hydrogen-bond donors (Lipinski definition) is 4. The molecule has 0 spiro atoms. The predicted molar refractivity (Wildman–Crippen MR) is 239 cm³/mol. The fraction of sp³-hybridized carbons (Fsp3) is 0.283. The summed E-state index contributed by atoms with van der Waals surface area (Å²) in [5, 5.41) is 18.4. The number of aromatic nitrogens is 4. The fourth-order valence-electron chi connectivity index (χ4n) is 6.08. The first-order chi connectivity index (χ1) is 29.4. The van der Waals surface area contributed by atoms with Crippen LogP contribution in [0.4, 0.5) is 33.6 Å². The Morgan fingerprint density at radius 2 is 1.59 bits per heavy atom. The fourth-order valence-corrected chi connectivity index (χ4v) is 6.08. The van der Waals surface area contributed by atoms with Crippen molar-refractivity contribution < 1.29 is 28.5 Å². The number of carbonyl (C=O) groups is 2. The highest BCUT2D eigenvalue weighted by Crippen LogP contribution is 2.35. The summed E-state index contributed by atoms with van der Waals surface area (Å²) in [4.78, 5) is 37.6. The summed E-state index contributed by atoms with van der Waals surface area (Å²) in [6.45, 7) is 8.72. The molecule has 0 atom stereocenters. The van der Waals surface area contributed by atoms with Gasteiger partial charge in [0.15, 0.2) is 0 Å². The van der Waals surface area contributed by atoms with E-state index in [1.807, 2.05) is 73.6 Å². The smallest absolute Gasteiger partial charge is 0.324 e. The van der Waals surface area contributed by atoms with Crippen LogP contribution in [0.1, 0.15) is 42.4 Å². The van der Waals surface area contributed by atoms with Crippen LogP contribution in [-0.2, 0) is 19.6 Å². The molecule has 0 fully saturated rings. The zero-order chi connectivity index (χ0) is 43.4. The van der Waals surface area contributed by atoms with Crippen LogP contribution in [0.15, 0.2) is 97.2 Å². The van der Waals surface area contributed by atoms with Gasteiger partial charge < -0.3 is 39.8 Å². The number of hydrogen-bond acceptors (Lipinski definition) is 11. The molecule has 15 nitrogen and oxygen atoms in total. The number of anilines is 5. The van der Waals surface area contributed by atoms with Crippen molar-refractivity contribution in [3.63, 3.8) is 0 Å². The van der Waals surface area contributed by atoms with Gasteiger partial charge in [0.25, 0.3) is 5.91 Å². The highest BCUT2D eigenvalue weighted by Gasteiger charge is 2.22. The van der Waals surface area contributed by atoms with Crippen molar-refractivity contribution in [3.8, 4) is 29.7 Å². The number of methoxy groups -OCH3 is 1. The second kappa shape index (κ2) is 20.3. The molecule has 0 saturated carbocycles. The Kier molecular flexibility index (Phi) is 14.5. The van der Waals surface area contributed by atoms with E-state index in [9.17, 15) is 9.59 Å². The minimum Gasteiger partial charge on any atom is -0.438 e. The Morgan fingerprint density at radius 1 is 0.852 bits per heavy atom. The molecule has 61 heavy (non-hydrogen) atoms. The second-order valence-electron chi connectivity index (χ2n) is 15.1. The number of terminal acetylenes is 1. The molecule has 0 radical (unpaired) electrons. The summed E-state index contributed by atoms with van der Waals surface area (Å²) in [6, 6.07) is 27.2. The lowest BCUT2D eigenvalue weighted by molar-refractivity contribution is 0.0255. The third-order valence-electron chi connectivity index (χ3n) is 9.26. The van der Waals surface area contributed by atoms with Crippen LogP contribution in [0.3, 0.4) is 0 Å². The molecular weight excluding hydrogens is 775 g/mol. The highest BCUT2D eigenvalue weighted by molar-refractivity contribution is 6.07. The maximum atomic E-state index is 13.6. The number of amides is 3. The van der Waals surface area contributed by atoms with Crippen LogP contribution in [0.2, 0.25) is 0 Å². The van der Waals surface area contributed by atoms with E-state index in [4.69, 9.17) is 30.5 Å². The van der Waals surface area contributed by atoms with Crippen LogP contribution in [0, 0.1) is 12.3 Å². The summed E-state index contributed by atoms with van der Waals surface area (Å²) in [5.41, 5.74) is 4.39. The summed E-state index contributed by atoms with van der Waals surface area (Å²) in [7, 11) is 5.58. The average molecular weight is 826 g/mol. The highest BCUT2D eigenvalue weighted by atomic mass is 16.5. The number of nitrogens with zero attached hydrogens (tertiary/aromatic N) is 5. The van der Waals surface area contributed by atoms with Crippen LogP contribution in [-0.4, -0.2) is 92.5 Å². The monoisotopic (exact) mass is 825 g/mol. The van der Waals surface area contributed by atoms with Gasteiger partial charge in [-0.1, -0.05) is 51.0 Å². The van der Waals surface area contributed by atoms with Gasteiger partial charge in [0.1, 0.15) is 11.6 Å². The van der Waals surface area contributed by atoms with Gasteiger partial charge >= 0.3 is 6.03 Å². The Labute approximate surface area is 355 Å². The van der Waals surface area contributed by atoms with E-state index in [2.05, 4.69) is 57.9 Å². The van der Waals surface area contributed by atoms with Gasteiger partial charge in [0, 0.05) is 84.8 Å². The molecule has 2 aromatic heterocycles. The Bertz CT molecular complexity index is 2490. The molecule has 4 N–H and O–H groups in total. The lowest BCUT2D eigenvalue weighted by atomic mass is 9.92. The number of fused-ring (bicyclic) bond motifs is 1. The second-order valence-corrected chi connectivity index (χ2v) is 15.1. The lowest BCUT2D eigenvalue weighted by Crippen LogP contribution is -2.27. The molecule has 6 aromatic rings. The topological polar surface area (TPSA) is 166 Å². The minimum atomic E-state index is -0.434. The summed E-state index contributed by atoms with van der Waals surface area (Å²) >= 11 is 0. The van der Waals surface area contributed by atoms with E-state index in [-0.39, 0.29) is 23.2 Å². The van der Waals surface area contributed by atoms with Crippen molar-refractivity contribution >= 4 is 51.5 Å². The van der Waals surface area contributed by atoms with Crippen molar-refractivity contribution in [3.05, 3.63) is 114 Å². The minimum absolute atomic E-state index is 0.223. The van der Waals surface area contributed by atoms with Gasteiger partial charge in [-0.15, -0.1) is 6.42 Å². The maximum Gasteiger partial charge on any atom is 0.324 e. The zero-order valence-corrected chi connectivity index (χ0v) is 35.2. The van der Waals surface area contributed by atoms with Gasteiger partial charge in [0.2, 0.25) is 11.8 Å².